The number of aliphatic hydroxyl groups is 1. The fourth-order valence-corrected chi connectivity index (χ4v) is 12.3. The second-order valence-electron chi connectivity index (χ2n) is 19.4. The van der Waals surface area contributed by atoms with Crippen LogP contribution in [0.1, 0.15) is 103 Å². The lowest BCUT2D eigenvalue weighted by Gasteiger charge is -2.30. The van der Waals surface area contributed by atoms with Crippen molar-refractivity contribution >= 4 is 63.5 Å². The van der Waals surface area contributed by atoms with Crippen LogP contribution < -0.4 is 15.5 Å². The van der Waals surface area contributed by atoms with E-state index < -0.39 is 24.2 Å². The SMILES string of the molecule is Cc1ncsc1-c1ccc([C@H](C)NC(=O)[C@@H]2C[C@@H](O)CN2C(=O)[C@H](C(C)C)n2cc(-c3ccnc(N4CC[C@H](NC(=O)C[C@@H]5N=C(c6ccc(Cl)cc6)c6c(sc(C)c6C)-n6c(C)nnc65)C4)c3)cn2)cc1. The lowest BCUT2D eigenvalue weighted by atomic mass is 9.99. The number of benzene rings is 2. The van der Waals surface area contributed by atoms with Gasteiger partial charge in [-0.05, 0) is 93.5 Å². The van der Waals surface area contributed by atoms with Gasteiger partial charge in [0.15, 0.2) is 5.82 Å². The Labute approximate surface area is 431 Å². The van der Waals surface area contributed by atoms with Crippen LogP contribution in [0.25, 0.3) is 26.6 Å². The Balaban J connectivity index is 0.796. The molecule has 19 heteroatoms. The third kappa shape index (κ3) is 9.60. The molecule has 10 rings (SSSR count). The minimum absolute atomic E-state index is 0.0501. The van der Waals surface area contributed by atoms with E-state index in [2.05, 4.69) is 49.1 Å². The number of amides is 3. The first-order valence-electron chi connectivity index (χ1n) is 24.3. The molecule has 0 bridgehead atoms. The third-order valence-corrected chi connectivity index (χ3v) is 16.5. The summed E-state index contributed by atoms with van der Waals surface area (Å²) in [7, 11) is 0. The van der Waals surface area contributed by atoms with Crippen molar-refractivity contribution in [1.29, 1.82) is 0 Å². The zero-order valence-corrected chi connectivity index (χ0v) is 43.6. The van der Waals surface area contributed by atoms with Crippen molar-refractivity contribution in [3.63, 3.8) is 0 Å². The molecule has 0 saturated carbocycles. The normalized spacial score (nSPS) is 19.4. The first-order chi connectivity index (χ1) is 34.6. The van der Waals surface area contributed by atoms with Crippen molar-refractivity contribution < 1.29 is 19.5 Å². The number of aromatic nitrogens is 7. The number of thiophene rings is 1. The van der Waals surface area contributed by atoms with E-state index in [1.807, 2.05) is 107 Å². The molecule has 2 fully saturated rings. The molecule has 5 aromatic heterocycles. The number of aliphatic hydroxyl groups excluding tert-OH is 1. The average Bonchev–Trinajstić information content (AvgIpc) is 4.24. The number of nitrogens with one attached hydrogen (secondary N) is 2. The Morgan fingerprint density at radius 2 is 1.68 bits per heavy atom. The van der Waals surface area contributed by atoms with Crippen LogP contribution in [0.5, 0.6) is 0 Å². The Morgan fingerprint density at radius 3 is 2.42 bits per heavy atom. The Morgan fingerprint density at radius 1 is 0.917 bits per heavy atom. The number of halogens is 1. The molecule has 3 amide bonds. The lowest BCUT2D eigenvalue weighted by molar-refractivity contribution is -0.142. The standard InChI is InChI=1S/C53H57ClN12O4S2/c1-28(2)48(52(70)64-26-41(67)21-43(64)51(69)58-30(4)34-8-10-36(11-9-34)49-31(5)56-27-71-49)65-24-38(23-57-65)37-16-18-55-44(20-37)63-19-17-40(25-63)59-45(68)22-42-50-62-61-33(7)66(50)53-46(29(3)32(6)72-53)47(60-42)35-12-14-39(54)15-13-35/h8-16,18,20,23-24,27-28,30,40-43,48,67H,17,19,21-22,25-26H2,1-7H3,(H,58,69)(H,59,68)/t30-,40-,41+,42-,43-,48-/m0/s1. The minimum Gasteiger partial charge on any atom is -0.391 e. The van der Waals surface area contributed by atoms with Crippen LogP contribution in [0.4, 0.5) is 5.82 Å². The number of anilines is 1. The number of nitrogens with zero attached hydrogens (tertiary/aromatic N) is 10. The molecule has 2 saturated heterocycles. The van der Waals surface area contributed by atoms with Crippen LogP contribution in [0.2, 0.25) is 5.02 Å². The highest BCUT2D eigenvalue weighted by atomic mass is 35.5. The molecular weight excluding hydrogens is 968 g/mol. The van der Waals surface area contributed by atoms with Gasteiger partial charge in [0.1, 0.15) is 34.8 Å². The van der Waals surface area contributed by atoms with Crippen LogP contribution in [0.15, 0.2) is 89.8 Å². The Kier molecular flexibility index (Phi) is 13.7. The summed E-state index contributed by atoms with van der Waals surface area (Å²) in [4.78, 5) is 62.7. The number of carbonyl (C=O) groups excluding carboxylic acids is 3. The maximum absolute atomic E-state index is 14.5. The third-order valence-electron chi connectivity index (χ3n) is 14.1. The maximum atomic E-state index is 14.5. The molecule has 0 radical (unpaired) electrons. The van der Waals surface area contributed by atoms with Crippen LogP contribution in [0.3, 0.4) is 0 Å². The molecular formula is C53H57ClN12O4S2. The monoisotopic (exact) mass is 1020 g/mol. The highest BCUT2D eigenvalue weighted by molar-refractivity contribution is 7.15. The number of rotatable bonds is 13. The number of pyridine rings is 1. The van der Waals surface area contributed by atoms with Gasteiger partial charge in [-0.1, -0.05) is 61.8 Å². The fraction of sp³-hybridized carbons (Fsp3) is 0.377. The quantitative estimate of drug-likeness (QED) is 0.101. The summed E-state index contributed by atoms with van der Waals surface area (Å²) in [5.74, 6) is 1.22. The number of aliphatic imine (C=N–C) groups is 1. The van der Waals surface area contributed by atoms with E-state index in [-0.39, 0.29) is 55.1 Å². The highest BCUT2D eigenvalue weighted by Crippen LogP contribution is 2.40. The molecule has 72 heavy (non-hydrogen) atoms. The molecule has 3 aliphatic heterocycles. The minimum atomic E-state index is -0.838. The smallest absolute Gasteiger partial charge is 0.248 e. The summed E-state index contributed by atoms with van der Waals surface area (Å²) in [5, 5.41) is 32.6. The van der Waals surface area contributed by atoms with E-state index >= 15 is 0 Å². The van der Waals surface area contributed by atoms with Gasteiger partial charge < -0.3 is 25.5 Å². The second-order valence-corrected chi connectivity index (χ2v) is 21.9. The van der Waals surface area contributed by atoms with Gasteiger partial charge in [0.2, 0.25) is 17.7 Å². The molecule has 0 spiro atoms. The van der Waals surface area contributed by atoms with Gasteiger partial charge in [-0.15, -0.1) is 32.9 Å². The molecule has 372 valence electrons. The summed E-state index contributed by atoms with van der Waals surface area (Å²) in [6, 6.07) is 17.0. The van der Waals surface area contributed by atoms with Crippen molar-refractivity contribution in [2.75, 3.05) is 24.5 Å². The number of hydrogen-bond acceptors (Lipinski definition) is 13. The molecule has 2 aromatic carbocycles. The van der Waals surface area contributed by atoms with Gasteiger partial charge in [0.05, 0.1) is 46.6 Å². The van der Waals surface area contributed by atoms with Crippen LogP contribution in [-0.2, 0) is 14.4 Å². The van der Waals surface area contributed by atoms with Gasteiger partial charge in [0, 0.05) is 71.1 Å². The first-order valence-corrected chi connectivity index (χ1v) is 26.4. The number of fused-ring (bicyclic) bond motifs is 3. The van der Waals surface area contributed by atoms with Crippen LogP contribution >= 0.6 is 34.3 Å². The number of hydrogen-bond donors (Lipinski definition) is 3. The summed E-state index contributed by atoms with van der Waals surface area (Å²) < 4.78 is 3.72. The average molecular weight is 1030 g/mol. The van der Waals surface area contributed by atoms with Gasteiger partial charge in [0.25, 0.3) is 0 Å². The maximum Gasteiger partial charge on any atom is 0.248 e. The Hall–Kier alpha value is -6.60. The van der Waals surface area contributed by atoms with E-state index in [0.717, 1.165) is 78.3 Å². The number of likely N-dealkylation sites (tertiary alicyclic amines) is 1. The van der Waals surface area contributed by atoms with Crippen molar-refractivity contribution in [3.05, 3.63) is 134 Å². The number of β-amino-alcohol motifs (C(OH)–C–C–N with tert-alkyl or cyclic N) is 1. The first kappa shape index (κ1) is 49.0. The summed E-state index contributed by atoms with van der Waals surface area (Å²) in [6.07, 6.45) is 5.47. The Bertz CT molecular complexity index is 3200. The van der Waals surface area contributed by atoms with E-state index in [0.29, 0.717) is 23.9 Å². The lowest BCUT2D eigenvalue weighted by Crippen LogP contribution is -2.49. The molecule has 0 aliphatic carbocycles. The van der Waals surface area contributed by atoms with E-state index in [9.17, 15) is 19.5 Å². The summed E-state index contributed by atoms with van der Waals surface area (Å²) in [5.41, 5.74) is 10.3. The molecule has 8 heterocycles. The van der Waals surface area contributed by atoms with Crippen molar-refractivity contribution in [2.24, 2.45) is 10.9 Å². The van der Waals surface area contributed by atoms with Crippen molar-refractivity contribution in [1.82, 2.24) is 50.0 Å². The summed E-state index contributed by atoms with van der Waals surface area (Å²) in [6.45, 7) is 15.2. The van der Waals surface area contributed by atoms with Gasteiger partial charge in [-0.3, -0.25) is 28.6 Å². The van der Waals surface area contributed by atoms with Gasteiger partial charge in [-0.25, -0.2) is 9.97 Å². The molecule has 6 atom stereocenters. The predicted octanol–water partition coefficient (Wildman–Crippen LogP) is 8.31. The zero-order chi connectivity index (χ0) is 50.5. The van der Waals surface area contributed by atoms with E-state index in [1.165, 1.54) is 9.78 Å². The van der Waals surface area contributed by atoms with Crippen molar-refractivity contribution in [3.8, 4) is 26.6 Å². The van der Waals surface area contributed by atoms with E-state index in [4.69, 9.17) is 26.7 Å². The largest absolute Gasteiger partial charge is 0.391 e. The van der Waals surface area contributed by atoms with Gasteiger partial charge >= 0.3 is 0 Å². The predicted molar refractivity (Wildman–Crippen MR) is 281 cm³/mol. The van der Waals surface area contributed by atoms with Gasteiger partial charge in [-0.2, -0.15) is 5.10 Å². The van der Waals surface area contributed by atoms with Crippen LogP contribution in [0, 0.1) is 33.6 Å². The number of aryl methyl sites for hydroxylation is 3. The van der Waals surface area contributed by atoms with E-state index in [1.54, 1.807) is 39.7 Å². The zero-order valence-electron chi connectivity index (χ0n) is 41.2. The second kappa shape index (κ2) is 20.1. The van der Waals surface area contributed by atoms with Crippen molar-refractivity contribution in [2.45, 2.75) is 104 Å². The topological polar surface area (TPSA) is 189 Å². The molecule has 7 aromatic rings. The number of thiazole rings is 1. The highest BCUT2D eigenvalue weighted by Gasteiger charge is 2.43. The molecule has 3 N–H and O–H groups in total. The molecule has 0 unspecified atom stereocenters. The summed E-state index contributed by atoms with van der Waals surface area (Å²) >= 11 is 9.57. The molecule has 3 aliphatic rings. The number of carbonyl (C=O) groups is 3. The van der Waals surface area contributed by atoms with Crippen LogP contribution in [-0.4, -0.2) is 106 Å². The molecule has 16 nitrogen and oxygen atoms in total. The fourth-order valence-electron chi connectivity index (χ4n) is 10.2.